The minimum atomic E-state index is 0.0521. The molecular weight excluding hydrogens is 272 g/mol. The molecule has 3 heterocycles. The van der Waals surface area contributed by atoms with E-state index in [0.29, 0.717) is 6.54 Å². The van der Waals surface area contributed by atoms with Crippen molar-refractivity contribution in [1.82, 2.24) is 9.72 Å². The number of thiophene rings is 1. The zero-order chi connectivity index (χ0) is 13.5. The van der Waals surface area contributed by atoms with E-state index in [-0.39, 0.29) is 5.56 Å². The predicted octanol–water partition coefficient (Wildman–Crippen LogP) is 2.98. The highest BCUT2D eigenvalue weighted by Crippen LogP contribution is 2.24. The Morgan fingerprint density at radius 2 is 2.20 bits per heavy atom. The van der Waals surface area contributed by atoms with E-state index in [1.807, 2.05) is 23.7 Å². The zero-order valence-electron chi connectivity index (χ0n) is 11.0. The maximum atomic E-state index is 12.4. The standard InChI is InChI=1S/C15H14N2O2S/c18-15-11-6-8-20-14(11)5-7-17(15)9-12-10-3-1-2-4-13(10)19-16-12/h5-8H,1-4,9H2. The summed E-state index contributed by atoms with van der Waals surface area (Å²) < 4.78 is 8.17. The van der Waals surface area contributed by atoms with Gasteiger partial charge in [0.15, 0.2) is 0 Å². The molecule has 0 radical (unpaired) electrons. The molecule has 102 valence electrons. The Hall–Kier alpha value is -1.88. The second kappa shape index (κ2) is 4.59. The largest absolute Gasteiger partial charge is 0.361 e. The molecule has 5 heteroatoms. The summed E-state index contributed by atoms with van der Waals surface area (Å²) >= 11 is 1.59. The monoisotopic (exact) mass is 286 g/mol. The third-order valence-corrected chi connectivity index (χ3v) is 4.83. The highest BCUT2D eigenvalue weighted by Gasteiger charge is 2.19. The molecule has 0 amide bonds. The van der Waals surface area contributed by atoms with Crippen molar-refractivity contribution in [3.05, 3.63) is 51.1 Å². The Morgan fingerprint density at radius 1 is 1.30 bits per heavy atom. The number of nitrogens with zero attached hydrogens (tertiary/aromatic N) is 2. The maximum Gasteiger partial charge on any atom is 0.259 e. The third kappa shape index (κ3) is 1.81. The van der Waals surface area contributed by atoms with Gasteiger partial charge in [-0.15, -0.1) is 11.3 Å². The Labute approximate surface area is 119 Å². The van der Waals surface area contributed by atoms with E-state index in [9.17, 15) is 4.79 Å². The van der Waals surface area contributed by atoms with E-state index in [0.717, 1.165) is 34.4 Å². The van der Waals surface area contributed by atoms with Crippen molar-refractivity contribution in [1.29, 1.82) is 0 Å². The van der Waals surface area contributed by atoms with Crippen molar-refractivity contribution < 1.29 is 4.52 Å². The van der Waals surface area contributed by atoms with Gasteiger partial charge in [-0.25, -0.2) is 0 Å². The van der Waals surface area contributed by atoms with Gasteiger partial charge in [-0.3, -0.25) is 4.79 Å². The molecule has 4 rings (SSSR count). The smallest absolute Gasteiger partial charge is 0.259 e. The number of aromatic nitrogens is 2. The van der Waals surface area contributed by atoms with Crippen LogP contribution >= 0.6 is 11.3 Å². The van der Waals surface area contributed by atoms with Gasteiger partial charge in [-0.05, 0) is 36.8 Å². The van der Waals surface area contributed by atoms with Crippen LogP contribution < -0.4 is 5.56 Å². The summed E-state index contributed by atoms with van der Waals surface area (Å²) in [7, 11) is 0. The molecule has 0 aliphatic heterocycles. The van der Waals surface area contributed by atoms with Gasteiger partial charge in [0, 0.05) is 22.9 Å². The van der Waals surface area contributed by atoms with Crippen LogP contribution in [-0.2, 0) is 19.4 Å². The molecular formula is C15H14N2O2S. The van der Waals surface area contributed by atoms with Gasteiger partial charge >= 0.3 is 0 Å². The van der Waals surface area contributed by atoms with Gasteiger partial charge in [-0.1, -0.05) is 5.16 Å². The van der Waals surface area contributed by atoms with Crippen molar-refractivity contribution in [2.75, 3.05) is 0 Å². The van der Waals surface area contributed by atoms with Crippen molar-refractivity contribution in [2.45, 2.75) is 32.2 Å². The van der Waals surface area contributed by atoms with Crippen molar-refractivity contribution >= 4 is 21.4 Å². The SMILES string of the molecule is O=c1c2ccsc2ccn1Cc1noc2c1CCCC2. The average molecular weight is 286 g/mol. The summed E-state index contributed by atoms with van der Waals surface area (Å²) in [5, 5.41) is 6.91. The second-order valence-corrected chi connectivity index (χ2v) is 6.13. The van der Waals surface area contributed by atoms with Crippen LogP contribution in [0.15, 0.2) is 33.0 Å². The van der Waals surface area contributed by atoms with Gasteiger partial charge in [0.05, 0.1) is 11.9 Å². The molecule has 0 fully saturated rings. The number of rotatable bonds is 2. The van der Waals surface area contributed by atoms with Crippen LogP contribution in [0.1, 0.15) is 29.9 Å². The maximum absolute atomic E-state index is 12.4. The second-order valence-electron chi connectivity index (χ2n) is 5.19. The fourth-order valence-electron chi connectivity index (χ4n) is 2.87. The minimum Gasteiger partial charge on any atom is -0.361 e. The van der Waals surface area contributed by atoms with E-state index in [1.54, 1.807) is 15.9 Å². The van der Waals surface area contributed by atoms with Gasteiger partial charge in [0.1, 0.15) is 11.5 Å². The number of hydrogen-bond acceptors (Lipinski definition) is 4. The van der Waals surface area contributed by atoms with Crippen LogP contribution in [-0.4, -0.2) is 9.72 Å². The molecule has 1 aliphatic rings. The lowest BCUT2D eigenvalue weighted by Crippen LogP contribution is -2.20. The van der Waals surface area contributed by atoms with Gasteiger partial charge in [0.2, 0.25) is 0 Å². The minimum absolute atomic E-state index is 0.0521. The zero-order valence-corrected chi connectivity index (χ0v) is 11.8. The summed E-state index contributed by atoms with van der Waals surface area (Å²) in [6, 6.07) is 3.88. The molecule has 1 aliphatic carbocycles. The lowest BCUT2D eigenvalue weighted by atomic mass is 9.96. The van der Waals surface area contributed by atoms with E-state index >= 15 is 0 Å². The summed E-state index contributed by atoms with van der Waals surface area (Å²) in [5.74, 6) is 1.01. The number of hydrogen-bond donors (Lipinski definition) is 0. The van der Waals surface area contributed by atoms with Crippen molar-refractivity contribution in [3.63, 3.8) is 0 Å². The number of fused-ring (bicyclic) bond motifs is 2. The summed E-state index contributed by atoms with van der Waals surface area (Å²) in [5.41, 5.74) is 2.18. The van der Waals surface area contributed by atoms with E-state index < -0.39 is 0 Å². The summed E-state index contributed by atoms with van der Waals surface area (Å²) in [6.07, 6.45) is 6.19. The van der Waals surface area contributed by atoms with E-state index in [1.165, 1.54) is 18.4 Å². The van der Waals surface area contributed by atoms with E-state index in [2.05, 4.69) is 5.16 Å². The van der Waals surface area contributed by atoms with Crippen LogP contribution in [0.2, 0.25) is 0 Å². The number of aryl methyl sites for hydroxylation is 1. The Balaban J connectivity index is 1.76. The number of pyridine rings is 1. The Morgan fingerprint density at radius 3 is 3.15 bits per heavy atom. The molecule has 0 N–H and O–H groups in total. The molecule has 0 bridgehead atoms. The molecule has 0 saturated carbocycles. The molecule has 3 aromatic rings. The first-order chi connectivity index (χ1) is 9.83. The first kappa shape index (κ1) is 11.9. The van der Waals surface area contributed by atoms with Gasteiger partial charge in [0.25, 0.3) is 5.56 Å². The van der Waals surface area contributed by atoms with Gasteiger partial charge < -0.3 is 9.09 Å². The van der Waals surface area contributed by atoms with Crippen LogP contribution in [0, 0.1) is 0 Å². The van der Waals surface area contributed by atoms with Crippen LogP contribution in [0.5, 0.6) is 0 Å². The molecule has 0 atom stereocenters. The van der Waals surface area contributed by atoms with Crippen molar-refractivity contribution in [3.8, 4) is 0 Å². The first-order valence-electron chi connectivity index (χ1n) is 6.86. The lowest BCUT2D eigenvalue weighted by Gasteiger charge is -2.10. The molecule has 4 nitrogen and oxygen atoms in total. The molecule has 0 unspecified atom stereocenters. The fraction of sp³-hybridized carbons (Fsp3) is 0.333. The highest BCUT2D eigenvalue weighted by atomic mass is 32.1. The van der Waals surface area contributed by atoms with Crippen LogP contribution in [0.4, 0.5) is 0 Å². The highest BCUT2D eigenvalue weighted by molar-refractivity contribution is 7.17. The average Bonchev–Trinajstić information content (AvgIpc) is 3.10. The summed E-state index contributed by atoms with van der Waals surface area (Å²) in [6.45, 7) is 0.503. The quantitative estimate of drug-likeness (QED) is 0.727. The Bertz CT molecular complexity index is 828. The molecule has 0 saturated heterocycles. The molecule has 0 aromatic carbocycles. The van der Waals surface area contributed by atoms with Crippen LogP contribution in [0.3, 0.4) is 0 Å². The fourth-order valence-corrected chi connectivity index (χ4v) is 3.64. The first-order valence-corrected chi connectivity index (χ1v) is 7.74. The Kier molecular flexibility index (Phi) is 2.73. The molecule has 20 heavy (non-hydrogen) atoms. The molecule has 3 aromatic heterocycles. The normalized spacial score (nSPS) is 14.6. The van der Waals surface area contributed by atoms with Crippen molar-refractivity contribution in [2.24, 2.45) is 0 Å². The summed E-state index contributed by atoms with van der Waals surface area (Å²) in [4.78, 5) is 12.4. The van der Waals surface area contributed by atoms with E-state index in [4.69, 9.17) is 4.52 Å². The topological polar surface area (TPSA) is 48.0 Å². The lowest BCUT2D eigenvalue weighted by molar-refractivity contribution is 0.367. The predicted molar refractivity (Wildman–Crippen MR) is 78.3 cm³/mol. The third-order valence-electron chi connectivity index (χ3n) is 3.94. The molecule has 0 spiro atoms. The van der Waals surface area contributed by atoms with Crippen LogP contribution in [0.25, 0.3) is 10.1 Å². The van der Waals surface area contributed by atoms with Gasteiger partial charge in [-0.2, -0.15) is 0 Å².